The van der Waals surface area contributed by atoms with Crippen LogP contribution in [0.5, 0.6) is 5.75 Å². The monoisotopic (exact) mass is 251 g/mol. The van der Waals surface area contributed by atoms with Crippen LogP contribution in [0.25, 0.3) is 0 Å². The van der Waals surface area contributed by atoms with Crippen LogP contribution < -0.4 is 10.1 Å². The molecule has 0 saturated carbocycles. The van der Waals surface area contributed by atoms with E-state index in [9.17, 15) is 5.11 Å². The Hall–Kier alpha value is -1.06. The molecular weight excluding hydrogens is 226 g/mol. The molecule has 0 spiro atoms. The van der Waals surface area contributed by atoms with E-state index < -0.39 is 0 Å². The third kappa shape index (κ3) is 4.00. The molecule has 2 unspecified atom stereocenters. The Balaban J connectivity index is 2.71. The van der Waals surface area contributed by atoms with Crippen molar-refractivity contribution in [1.29, 1.82) is 0 Å². The molecule has 3 heteroatoms. The van der Waals surface area contributed by atoms with Gasteiger partial charge in [0.1, 0.15) is 5.75 Å². The van der Waals surface area contributed by atoms with Crippen LogP contribution in [0, 0.1) is 12.8 Å². The zero-order valence-corrected chi connectivity index (χ0v) is 12.0. The summed E-state index contributed by atoms with van der Waals surface area (Å²) in [7, 11) is 1.68. The van der Waals surface area contributed by atoms with Crippen LogP contribution in [-0.4, -0.2) is 24.9 Å². The molecule has 1 rings (SSSR count). The topological polar surface area (TPSA) is 41.5 Å². The summed E-state index contributed by atoms with van der Waals surface area (Å²) >= 11 is 0. The fourth-order valence-corrected chi connectivity index (χ4v) is 1.84. The van der Waals surface area contributed by atoms with Gasteiger partial charge in [0.25, 0.3) is 0 Å². The molecule has 2 N–H and O–H groups in total. The highest BCUT2D eigenvalue weighted by Crippen LogP contribution is 2.26. The van der Waals surface area contributed by atoms with Crippen LogP contribution in [0.4, 0.5) is 0 Å². The molecule has 0 radical (unpaired) electrons. The summed E-state index contributed by atoms with van der Waals surface area (Å²) < 4.78 is 5.37. The van der Waals surface area contributed by atoms with Crippen molar-refractivity contribution in [3.05, 3.63) is 29.3 Å². The number of hydrogen-bond donors (Lipinski definition) is 2. The third-order valence-corrected chi connectivity index (χ3v) is 3.25. The summed E-state index contributed by atoms with van der Waals surface area (Å²) in [4.78, 5) is 0. The van der Waals surface area contributed by atoms with Crippen molar-refractivity contribution in [2.24, 2.45) is 5.92 Å². The highest BCUT2D eigenvalue weighted by molar-refractivity contribution is 5.38. The van der Waals surface area contributed by atoms with E-state index in [1.54, 1.807) is 7.11 Å². The number of aryl methyl sites for hydroxylation is 1. The van der Waals surface area contributed by atoms with Crippen molar-refractivity contribution in [2.75, 3.05) is 13.7 Å². The quantitative estimate of drug-likeness (QED) is 0.816. The fourth-order valence-electron chi connectivity index (χ4n) is 1.84. The molecule has 0 fully saturated rings. The van der Waals surface area contributed by atoms with Crippen molar-refractivity contribution in [2.45, 2.75) is 39.8 Å². The minimum atomic E-state index is -0.316. The van der Waals surface area contributed by atoms with Crippen molar-refractivity contribution < 1.29 is 9.84 Å². The molecule has 0 heterocycles. The number of rotatable bonds is 6. The Bertz CT molecular complexity index is 377. The minimum absolute atomic E-state index is 0.160. The first-order valence-electron chi connectivity index (χ1n) is 6.51. The molecular formula is C15H25NO2. The summed E-state index contributed by atoms with van der Waals surface area (Å²) in [5, 5.41) is 13.2. The number of ether oxygens (including phenoxy) is 1. The second-order valence-corrected chi connectivity index (χ2v) is 5.19. The average Bonchev–Trinajstić information content (AvgIpc) is 2.35. The predicted octanol–water partition coefficient (Wildman–Crippen LogP) is 2.67. The average molecular weight is 251 g/mol. The summed E-state index contributed by atoms with van der Waals surface area (Å²) in [6.07, 6.45) is -0.316. The molecule has 2 atom stereocenters. The summed E-state index contributed by atoms with van der Waals surface area (Å²) in [5.74, 6) is 1.16. The molecule has 0 amide bonds. The van der Waals surface area contributed by atoms with E-state index in [0.717, 1.165) is 11.3 Å². The summed E-state index contributed by atoms with van der Waals surface area (Å²) in [6, 6.07) is 6.31. The Morgan fingerprint density at radius 1 is 1.28 bits per heavy atom. The van der Waals surface area contributed by atoms with Gasteiger partial charge in [0, 0.05) is 18.2 Å². The molecule has 3 nitrogen and oxygen atoms in total. The van der Waals surface area contributed by atoms with E-state index in [0.29, 0.717) is 6.54 Å². The van der Waals surface area contributed by atoms with E-state index in [-0.39, 0.29) is 18.1 Å². The van der Waals surface area contributed by atoms with Gasteiger partial charge >= 0.3 is 0 Å². The Labute approximate surface area is 110 Å². The molecule has 102 valence electrons. The molecule has 18 heavy (non-hydrogen) atoms. The maximum atomic E-state index is 9.81. The van der Waals surface area contributed by atoms with Gasteiger partial charge in [0.2, 0.25) is 0 Å². The second kappa shape index (κ2) is 6.76. The van der Waals surface area contributed by atoms with E-state index in [1.807, 2.05) is 26.0 Å². The van der Waals surface area contributed by atoms with Gasteiger partial charge in [-0.15, -0.1) is 0 Å². The third-order valence-electron chi connectivity index (χ3n) is 3.25. The van der Waals surface area contributed by atoms with Crippen molar-refractivity contribution in [3.63, 3.8) is 0 Å². The van der Waals surface area contributed by atoms with Gasteiger partial charge in [0.15, 0.2) is 0 Å². The highest BCUT2D eigenvalue weighted by Gasteiger charge is 2.14. The van der Waals surface area contributed by atoms with Gasteiger partial charge < -0.3 is 15.2 Å². The summed E-state index contributed by atoms with van der Waals surface area (Å²) in [6.45, 7) is 8.79. The maximum absolute atomic E-state index is 9.81. The number of hydrogen-bond acceptors (Lipinski definition) is 3. The normalized spacial score (nSPS) is 14.6. The van der Waals surface area contributed by atoms with Gasteiger partial charge in [-0.3, -0.25) is 0 Å². The van der Waals surface area contributed by atoms with Gasteiger partial charge in [0.05, 0.1) is 13.2 Å². The molecule has 0 saturated heterocycles. The highest BCUT2D eigenvalue weighted by atomic mass is 16.5. The standard InChI is InChI=1S/C15H25NO2/c1-10(2)14(17)9-16-12(4)13-8-11(3)6-7-15(13)18-5/h6-8,10,12,14,16-17H,9H2,1-5H3. The van der Waals surface area contributed by atoms with E-state index >= 15 is 0 Å². The first-order chi connectivity index (χ1) is 8.45. The molecule has 0 aromatic heterocycles. The van der Waals surface area contributed by atoms with Crippen molar-refractivity contribution in [3.8, 4) is 5.75 Å². The second-order valence-electron chi connectivity index (χ2n) is 5.19. The lowest BCUT2D eigenvalue weighted by Gasteiger charge is -2.21. The van der Waals surface area contributed by atoms with Crippen LogP contribution in [0.15, 0.2) is 18.2 Å². The van der Waals surface area contributed by atoms with Gasteiger partial charge in [-0.1, -0.05) is 31.5 Å². The first kappa shape index (κ1) is 15.0. The smallest absolute Gasteiger partial charge is 0.123 e. The zero-order chi connectivity index (χ0) is 13.7. The Kier molecular flexibility index (Phi) is 5.63. The van der Waals surface area contributed by atoms with E-state index in [1.165, 1.54) is 5.56 Å². The van der Waals surface area contributed by atoms with Crippen molar-refractivity contribution in [1.82, 2.24) is 5.32 Å². The first-order valence-corrected chi connectivity index (χ1v) is 6.51. The summed E-state index contributed by atoms with van der Waals surface area (Å²) in [5.41, 5.74) is 2.34. The molecule has 1 aromatic rings. The number of nitrogens with one attached hydrogen (secondary N) is 1. The van der Waals surface area contributed by atoms with Gasteiger partial charge in [-0.25, -0.2) is 0 Å². The van der Waals surface area contributed by atoms with Crippen LogP contribution in [-0.2, 0) is 0 Å². The zero-order valence-electron chi connectivity index (χ0n) is 12.0. The minimum Gasteiger partial charge on any atom is -0.496 e. The number of aliphatic hydroxyl groups excluding tert-OH is 1. The molecule has 1 aromatic carbocycles. The number of benzene rings is 1. The molecule has 0 aliphatic heterocycles. The van der Waals surface area contributed by atoms with Gasteiger partial charge in [-0.05, 0) is 25.8 Å². The predicted molar refractivity (Wildman–Crippen MR) is 75.0 cm³/mol. The van der Waals surface area contributed by atoms with Crippen LogP contribution in [0.1, 0.15) is 37.9 Å². The van der Waals surface area contributed by atoms with E-state index in [4.69, 9.17) is 4.74 Å². The lowest BCUT2D eigenvalue weighted by Crippen LogP contribution is -2.32. The number of aliphatic hydroxyl groups is 1. The largest absolute Gasteiger partial charge is 0.496 e. The van der Waals surface area contributed by atoms with Crippen LogP contribution >= 0.6 is 0 Å². The Morgan fingerprint density at radius 3 is 2.50 bits per heavy atom. The van der Waals surface area contributed by atoms with Crippen LogP contribution in [0.2, 0.25) is 0 Å². The van der Waals surface area contributed by atoms with Gasteiger partial charge in [-0.2, -0.15) is 0 Å². The Morgan fingerprint density at radius 2 is 1.94 bits per heavy atom. The van der Waals surface area contributed by atoms with Crippen molar-refractivity contribution >= 4 is 0 Å². The maximum Gasteiger partial charge on any atom is 0.123 e. The lowest BCUT2D eigenvalue weighted by molar-refractivity contribution is 0.120. The molecule has 0 aliphatic rings. The molecule has 0 aliphatic carbocycles. The van der Waals surface area contributed by atoms with Crippen LogP contribution in [0.3, 0.4) is 0 Å². The lowest BCUT2D eigenvalue weighted by atomic mass is 10.0. The van der Waals surface area contributed by atoms with E-state index in [2.05, 4.69) is 25.2 Å². The number of methoxy groups -OCH3 is 1. The fraction of sp³-hybridized carbons (Fsp3) is 0.600. The molecule has 0 bridgehead atoms. The SMILES string of the molecule is COc1ccc(C)cc1C(C)NCC(O)C(C)C.